The summed E-state index contributed by atoms with van der Waals surface area (Å²) in [5.74, 6) is 2.37. The Kier molecular flexibility index (Phi) is 7.31. The number of rotatable bonds is 4. The maximum Gasteiger partial charge on any atom is 0.246 e. The molecule has 2 fully saturated rings. The van der Waals surface area contributed by atoms with Crippen molar-refractivity contribution in [2.45, 2.75) is 50.9 Å². The van der Waals surface area contributed by atoms with Crippen LogP contribution in [0.3, 0.4) is 0 Å². The van der Waals surface area contributed by atoms with Crippen molar-refractivity contribution < 1.29 is 4.79 Å². The number of piperidine rings is 2. The van der Waals surface area contributed by atoms with Gasteiger partial charge in [0.15, 0.2) is 0 Å². The van der Waals surface area contributed by atoms with E-state index in [4.69, 9.17) is 22.3 Å². The van der Waals surface area contributed by atoms with Crippen LogP contribution in [0.25, 0.3) is 0 Å². The van der Waals surface area contributed by atoms with Gasteiger partial charge in [-0.25, -0.2) is 5.10 Å². The number of carbonyl (C=O) groups is 1. The van der Waals surface area contributed by atoms with Crippen molar-refractivity contribution >= 4 is 45.3 Å². The van der Waals surface area contributed by atoms with Crippen LogP contribution in [0.5, 0.6) is 0 Å². The lowest BCUT2D eigenvalue weighted by molar-refractivity contribution is -0.133. The first-order chi connectivity index (χ1) is 18.4. The van der Waals surface area contributed by atoms with E-state index >= 15 is 0 Å². The van der Waals surface area contributed by atoms with E-state index in [-0.39, 0.29) is 5.92 Å². The van der Waals surface area contributed by atoms with E-state index in [1.807, 2.05) is 12.3 Å². The minimum Gasteiger partial charge on any atom is -0.368 e. The summed E-state index contributed by atoms with van der Waals surface area (Å²) >= 11 is 10.0. The molecule has 200 valence electrons. The quantitative estimate of drug-likeness (QED) is 0.439. The highest BCUT2D eigenvalue weighted by Crippen LogP contribution is 2.43. The number of nitrogens with two attached hydrogens (primary N) is 1. The maximum atomic E-state index is 13.3. The van der Waals surface area contributed by atoms with Crippen LogP contribution in [-0.4, -0.2) is 57.2 Å². The molecule has 10 heteroatoms. The van der Waals surface area contributed by atoms with Gasteiger partial charge in [0.25, 0.3) is 0 Å². The predicted octanol–water partition coefficient (Wildman–Crippen LogP) is 4.97. The lowest BCUT2D eigenvalue weighted by atomic mass is 9.76. The van der Waals surface area contributed by atoms with Gasteiger partial charge in [0.2, 0.25) is 17.8 Å². The second kappa shape index (κ2) is 10.8. The molecular weight excluding hydrogens is 566 g/mol. The Morgan fingerprint density at radius 2 is 1.84 bits per heavy atom. The molecular formula is C28H33BrClN7O. The molecule has 4 heterocycles. The van der Waals surface area contributed by atoms with Gasteiger partial charge < -0.3 is 15.5 Å². The number of likely N-dealkylation sites (tertiary alicyclic amines) is 1. The van der Waals surface area contributed by atoms with E-state index in [1.54, 1.807) is 0 Å². The minimum absolute atomic E-state index is 0.235. The Bertz CT molecular complexity index is 1260. The second-order valence-corrected chi connectivity index (χ2v) is 12.2. The van der Waals surface area contributed by atoms with Gasteiger partial charge in [-0.15, -0.1) is 5.10 Å². The lowest BCUT2D eigenvalue weighted by Gasteiger charge is -2.38. The molecule has 2 aromatic heterocycles. The number of anilines is 2. The molecule has 8 nitrogen and oxygen atoms in total. The van der Waals surface area contributed by atoms with Crippen LogP contribution >= 0.6 is 27.5 Å². The SMILES string of the molecule is Nc1nc(N2CCC(CC(=O)N3CCC(C4c5ccc(Cl)cc5CCc5cc(Br)cnc54)CC3)CC2)n[nH]1. The van der Waals surface area contributed by atoms with Crippen LogP contribution in [0, 0.1) is 11.8 Å². The first-order valence-electron chi connectivity index (χ1n) is 13.6. The Labute approximate surface area is 236 Å². The number of aromatic amines is 1. The molecule has 1 aliphatic carbocycles. The molecule has 0 bridgehead atoms. The summed E-state index contributed by atoms with van der Waals surface area (Å²) in [6, 6.07) is 8.58. The van der Waals surface area contributed by atoms with Crippen LogP contribution in [0.2, 0.25) is 5.02 Å². The predicted molar refractivity (Wildman–Crippen MR) is 152 cm³/mol. The van der Waals surface area contributed by atoms with Crippen LogP contribution in [-0.2, 0) is 17.6 Å². The normalized spacial score (nSPS) is 20.6. The molecule has 3 N–H and O–H groups in total. The van der Waals surface area contributed by atoms with Crippen molar-refractivity contribution in [2.24, 2.45) is 11.8 Å². The van der Waals surface area contributed by atoms with E-state index in [1.165, 1.54) is 22.4 Å². The largest absolute Gasteiger partial charge is 0.368 e. The van der Waals surface area contributed by atoms with Crippen LogP contribution in [0.15, 0.2) is 34.9 Å². The van der Waals surface area contributed by atoms with Gasteiger partial charge in [0.05, 0.1) is 5.69 Å². The number of nitrogens with one attached hydrogen (secondary N) is 1. The van der Waals surface area contributed by atoms with E-state index in [0.717, 1.165) is 74.2 Å². The summed E-state index contributed by atoms with van der Waals surface area (Å²) in [6.45, 7) is 3.32. The number of amides is 1. The van der Waals surface area contributed by atoms with Crippen molar-refractivity contribution in [3.8, 4) is 0 Å². The highest BCUT2D eigenvalue weighted by molar-refractivity contribution is 9.10. The van der Waals surface area contributed by atoms with Gasteiger partial charge in [-0.05, 0) is 101 Å². The molecule has 6 rings (SSSR count). The number of hydrogen-bond donors (Lipinski definition) is 2. The number of hydrogen-bond acceptors (Lipinski definition) is 6. The molecule has 0 spiro atoms. The number of nitrogen functional groups attached to an aromatic ring is 1. The minimum atomic E-state index is 0.235. The topological polar surface area (TPSA) is 104 Å². The van der Waals surface area contributed by atoms with E-state index < -0.39 is 0 Å². The smallest absolute Gasteiger partial charge is 0.246 e. The average Bonchev–Trinajstić information content (AvgIpc) is 3.29. The van der Waals surface area contributed by atoms with Gasteiger partial charge in [0.1, 0.15) is 0 Å². The highest BCUT2D eigenvalue weighted by atomic mass is 79.9. The molecule has 3 aromatic rings. The fraction of sp³-hybridized carbons (Fsp3) is 0.500. The molecule has 0 radical (unpaired) electrons. The third-order valence-electron chi connectivity index (χ3n) is 8.58. The standard InChI is InChI=1S/C28H33BrClN7O/c29-21-14-20-2-1-19-15-22(30)3-4-23(19)25(26(20)32-16-21)18-7-11-36(12-8-18)24(38)13-17-5-9-37(10-6-17)28-33-27(31)34-35-28/h3-4,14-18,25H,1-2,5-13H2,(H3,31,33,34,35). The van der Waals surface area contributed by atoms with Crippen molar-refractivity contribution in [1.29, 1.82) is 0 Å². The van der Waals surface area contributed by atoms with Gasteiger partial charge in [-0.1, -0.05) is 17.7 Å². The third kappa shape index (κ3) is 5.27. The van der Waals surface area contributed by atoms with E-state index in [9.17, 15) is 4.79 Å². The fourth-order valence-electron chi connectivity index (χ4n) is 6.56. The number of aryl methyl sites for hydroxylation is 2. The van der Waals surface area contributed by atoms with Crippen LogP contribution in [0.4, 0.5) is 11.9 Å². The Morgan fingerprint density at radius 1 is 1.08 bits per heavy atom. The number of halogens is 2. The molecule has 2 aliphatic heterocycles. The summed E-state index contributed by atoms with van der Waals surface area (Å²) in [5.41, 5.74) is 10.9. The number of carbonyl (C=O) groups excluding carboxylic acids is 1. The summed E-state index contributed by atoms with van der Waals surface area (Å²) in [7, 11) is 0. The third-order valence-corrected chi connectivity index (χ3v) is 9.25. The summed E-state index contributed by atoms with van der Waals surface area (Å²) in [5, 5.41) is 7.65. The summed E-state index contributed by atoms with van der Waals surface area (Å²) in [4.78, 5) is 26.7. The maximum absolute atomic E-state index is 13.3. The zero-order valence-corrected chi connectivity index (χ0v) is 23.7. The molecule has 0 saturated carbocycles. The molecule has 2 saturated heterocycles. The van der Waals surface area contributed by atoms with E-state index in [2.05, 4.69) is 59.1 Å². The summed E-state index contributed by atoms with van der Waals surface area (Å²) < 4.78 is 1.02. The first kappa shape index (κ1) is 25.6. The average molecular weight is 599 g/mol. The van der Waals surface area contributed by atoms with E-state index in [0.29, 0.717) is 36.1 Å². The highest BCUT2D eigenvalue weighted by Gasteiger charge is 2.35. The number of fused-ring (bicyclic) bond motifs is 2. The molecule has 38 heavy (non-hydrogen) atoms. The van der Waals surface area contributed by atoms with Crippen LogP contribution < -0.4 is 10.6 Å². The van der Waals surface area contributed by atoms with Gasteiger partial charge >= 0.3 is 0 Å². The molecule has 1 atom stereocenters. The number of nitrogens with zero attached hydrogens (tertiary/aromatic N) is 5. The lowest BCUT2D eigenvalue weighted by Crippen LogP contribution is -2.42. The van der Waals surface area contributed by atoms with Crippen molar-refractivity contribution in [1.82, 2.24) is 25.1 Å². The van der Waals surface area contributed by atoms with Crippen molar-refractivity contribution in [3.63, 3.8) is 0 Å². The number of aromatic nitrogens is 4. The molecule has 1 aromatic carbocycles. The zero-order valence-electron chi connectivity index (χ0n) is 21.4. The summed E-state index contributed by atoms with van der Waals surface area (Å²) in [6.07, 6.45) is 8.39. The van der Waals surface area contributed by atoms with Crippen LogP contribution in [0.1, 0.15) is 60.4 Å². The Balaban J connectivity index is 1.10. The van der Waals surface area contributed by atoms with Crippen molar-refractivity contribution in [3.05, 3.63) is 62.3 Å². The first-order valence-corrected chi connectivity index (χ1v) is 14.7. The Morgan fingerprint density at radius 3 is 2.58 bits per heavy atom. The molecule has 3 aliphatic rings. The number of pyridine rings is 1. The molecule has 1 unspecified atom stereocenters. The number of benzene rings is 1. The monoisotopic (exact) mass is 597 g/mol. The van der Waals surface area contributed by atoms with Gasteiger partial charge in [0, 0.05) is 54.2 Å². The zero-order chi connectivity index (χ0) is 26.2. The fourth-order valence-corrected chi connectivity index (χ4v) is 7.14. The Hall–Kier alpha value is -2.65. The second-order valence-electron chi connectivity index (χ2n) is 10.9. The molecule has 1 amide bonds. The van der Waals surface area contributed by atoms with Gasteiger partial charge in [-0.2, -0.15) is 4.98 Å². The number of H-pyrrole nitrogens is 1. The van der Waals surface area contributed by atoms with Crippen molar-refractivity contribution in [2.75, 3.05) is 36.8 Å². The van der Waals surface area contributed by atoms with Gasteiger partial charge in [-0.3, -0.25) is 9.78 Å².